The van der Waals surface area contributed by atoms with Crippen molar-refractivity contribution in [3.8, 4) is 0 Å². The molecule has 0 bridgehead atoms. The summed E-state index contributed by atoms with van der Waals surface area (Å²) in [4.78, 5) is 0. The largest absolute Gasteiger partial charge is 0.379 e. The Labute approximate surface area is 116 Å². The molecule has 20 heavy (non-hydrogen) atoms. The highest BCUT2D eigenvalue weighted by Gasteiger charge is 2.17. The van der Waals surface area contributed by atoms with Crippen LogP contribution in [0.5, 0.6) is 0 Å². The topological polar surface area (TPSA) is 29.9 Å². The van der Waals surface area contributed by atoms with Crippen molar-refractivity contribution in [3.63, 3.8) is 0 Å². The van der Waals surface area contributed by atoms with E-state index in [1.165, 1.54) is 31.7 Å². The van der Waals surface area contributed by atoms with Crippen molar-refractivity contribution < 1.29 is 8.78 Å². The third-order valence-electron chi connectivity index (χ3n) is 3.76. The molecule has 1 saturated carbocycles. The molecule has 0 aliphatic heterocycles. The van der Waals surface area contributed by atoms with Gasteiger partial charge in [-0.1, -0.05) is 12.8 Å². The van der Waals surface area contributed by atoms with Crippen LogP contribution < -0.4 is 5.32 Å². The highest BCUT2D eigenvalue weighted by Crippen LogP contribution is 2.28. The summed E-state index contributed by atoms with van der Waals surface area (Å²) in [5.41, 5.74) is 1.46. The quantitative estimate of drug-likeness (QED) is 0.919. The predicted octanol–water partition coefficient (Wildman–Crippen LogP) is 3.89. The maximum absolute atomic E-state index is 13.1. The van der Waals surface area contributed by atoms with E-state index in [2.05, 4.69) is 10.4 Å². The van der Waals surface area contributed by atoms with Gasteiger partial charge in [-0.25, -0.2) is 8.78 Å². The Hall–Kier alpha value is -1.91. The summed E-state index contributed by atoms with van der Waals surface area (Å²) in [5, 5.41) is 7.58. The fourth-order valence-electron chi connectivity index (χ4n) is 2.64. The number of nitrogens with one attached hydrogen (secondary N) is 1. The van der Waals surface area contributed by atoms with Gasteiger partial charge >= 0.3 is 0 Å². The molecular weight excluding hydrogens is 260 g/mol. The van der Waals surface area contributed by atoms with Crippen molar-refractivity contribution in [1.82, 2.24) is 9.78 Å². The average molecular weight is 277 g/mol. The summed E-state index contributed by atoms with van der Waals surface area (Å²) in [5.74, 6) is -1.67. The van der Waals surface area contributed by atoms with Crippen LogP contribution in [-0.2, 0) is 6.54 Å². The Kier molecular flexibility index (Phi) is 3.67. The molecule has 0 radical (unpaired) electrons. The molecule has 1 heterocycles. The molecule has 3 rings (SSSR count). The van der Waals surface area contributed by atoms with Gasteiger partial charge in [-0.3, -0.25) is 4.68 Å². The van der Waals surface area contributed by atoms with Crippen LogP contribution in [0.2, 0.25) is 0 Å². The molecule has 1 fully saturated rings. The van der Waals surface area contributed by atoms with Crippen LogP contribution in [0.15, 0.2) is 30.5 Å². The second kappa shape index (κ2) is 5.61. The number of nitrogens with zero attached hydrogens (tertiary/aromatic N) is 2. The van der Waals surface area contributed by atoms with E-state index >= 15 is 0 Å². The normalized spacial score (nSPS) is 15.7. The zero-order chi connectivity index (χ0) is 13.9. The first-order chi connectivity index (χ1) is 9.72. The fraction of sp³-hybridized carbons (Fsp3) is 0.400. The SMILES string of the molecule is Fc1ccc(NCc2ccn(C3CCCC3)n2)cc1F. The van der Waals surface area contributed by atoms with Gasteiger partial charge in [-0.2, -0.15) is 5.10 Å². The Bertz CT molecular complexity index is 589. The van der Waals surface area contributed by atoms with Gasteiger partial charge in [0.25, 0.3) is 0 Å². The molecule has 0 unspecified atom stereocenters. The molecule has 1 N–H and O–H groups in total. The Balaban J connectivity index is 1.61. The van der Waals surface area contributed by atoms with Gasteiger partial charge in [-0.05, 0) is 31.0 Å². The van der Waals surface area contributed by atoms with Crippen LogP contribution in [-0.4, -0.2) is 9.78 Å². The van der Waals surface area contributed by atoms with Crippen molar-refractivity contribution in [1.29, 1.82) is 0 Å². The van der Waals surface area contributed by atoms with Gasteiger partial charge in [0.2, 0.25) is 0 Å². The Morgan fingerprint density at radius 3 is 2.70 bits per heavy atom. The molecule has 0 amide bonds. The lowest BCUT2D eigenvalue weighted by Crippen LogP contribution is -2.07. The van der Waals surface area contributed by atoms with E-state index in [4.69, 9.17) is 0 Å². The maximum atomic E-state index is 13.1. The molecule has 1 aliphatic rings. The van der Waals surface area contributed by atoms with Gasteiger partial charge in [0.1, 0.15) is 0 Å². The van der Waals surface area contributed by atoms with Crippen LogP contribution in [0.1, 0.15) is 37.4 Å². The minimum absolute atomic E-state index is 0.505. The third-order valence-corrected chi connectivity index (χ3v) is 3.76. The molecule has 106 valence electrons. The monoisotopic (exact) mass is 277 g/mol. The smallest absolute Gasteiger partial charge is 0.160 e. The first kappa shape index (κ1) is 13.1. The van der Waals surface area contributed by atoms with Crippen LogP contribution in [0, 0.1) is 11.6 Å². The minimum Gasteiger partial charge on any atom is -0.379 e. The predicted molar refractivity (Wildman–Crippen MR) is 73.4 cm³/mol. The van der Waals surface area contributed by atoms with E-state index in [1.54, 1.807) is 0 Å². The fourth-order valence-corrected chi connectivity index (χ4v) is 2.64. The maximum Gasteiger partial charge on any atom is 0.160 e. The van der Waals surface area contributed by atoms with E-state index in [0.717, 1.165) is 17.8 Å². The molecule has 0 atom stereocenters. The second-order valence-electron chi connectivity index (χ2n) is 5.21. The van der Waals surface area contributed by atoms with Crippen molar-refractivity contribution in [2.45, 2.75) is 38.3 Å². The molecule has 5 heteroatoms. The lowest BCUT2D eigenvalue weighted by Gasteiger charge is -2.09. The van der Waals surface area contributed by atoms with E-state index in [1.807, 2.05) is 16.9 Å². The summed E-state index contributed by atoms with van der Waals surface area (Å²) in [6.07, 6.45) is 6.92. The van der Waals surface area contributed by atoms with Crippen LogP contribution in [0.25, 0.3) is 0 Å². The van der Waals surface area contributed by atoms with Gasteiger partial charge in [0, 0.05) is 18.0 Å². The van der Waals surface area contributed by atoms with E-state index in [9.17, 15) is 8.78 Å². The lowest BCUT2D eigenvalue weighted by molar-refractivity contribution is 0.463. The summed E-state index contributed by atoms with van der Waals surface area (Å²) in [6, 6.07) is 6.28. The molecule has 1 aromatic heterocycles. The van der Waals surface area contributed by atoms with E-state index in [-0.39, 0.29) is 0 Å². The van der Waals surface area contributed by atoms with Crippen LogP contribution in [0.3, 0.4) is 0 Å². The molecule has 0 spiro atoms. The van der Waals surface area contributed by atoms with Crippen molar-refractivity contribution in [2.75, 3.05) is 5.32 Å². The number of aromatic nitrogens is 2. The highest BCUT2D eigenvalue weighted by atomic mass is 19.2. The molecular formula is C15H17F2N3. The van der Waals surface area contributed by atoms with Gasteiger partial charge < -0.3 is 5.32 Å². The summed E-state index contributed by atoms with van der Waals surface area (Å²) in [7, 11) is 0. The highest BCUT2D eigenvalue weighted by molar-refractivity contribution is 5.43. The number of halogens is 2. The first-order valence-corrected chi connectivity index (χ1v) is 6.95. The number of benzene rings is 1. The summed E-state index contributed by atoms with van der Waals surface area (Å²) < 4.78 is 27.9. The number of hydrogen-bond acceptors (Lipinski definition) is 2. The Morgan fingerprint density at radius 2 is 1.95 bits per heavy atom. The number of hydrogen-bond donors (Lipinski definition) is 1. The van der Waals surface area contributed by atoms with Gasteiger partial charge in [-0.15, -0.1) is 0 Å². The van der Waals surface area contributed by atoms with Crippen molar-refractivity contribution >= 4 is 5.69 Å². The molecule has 2 aromatic rings. The summed E-state index contributed by atoms with van der Waals surface area (Å²) >= 11 is 0. The molecule has 3 nitrogen and oxygen atoms in total. The zero-order valence-electron chi connectivity index (χ0n) is 11.1. The zero-order valence-corrected chi connectivity index (χ0v) is 11.1. The van der Waals surface area contributed by atoms with E-state index < -0.39 is 11.6 Å². The lowest BCUT2D eigenvalue weighted by atomic mass is 10.3. The number of anilines is 1. The average Bonchev–Trinajstić information content (AvgIpc) is 3.09. The number of rotatable bonds is 4. The van der Waals surface area contributed by atoms with Gasteiger partial charge in [0.05, 0.1) is 18.3 Å². The van der Waals surface area contributed by atoms with Crippen LogP contribution >= 0.6 is 0 Å². The van der Waals surface area contributed by atoms with Crippen molar-refractivity contribution in [3.05, 3.63) is 47.8 Å². The first-order valence-electron chi connectivity index (χ1n) is 6.95. The standard InChI is InChI=1S/C15H17F2N3/c16-14-6-5-11(9-15(14)17)18-10-12-7-8-20(19-12)13-3-1-2-4-13/h5-9,13,18H,1-4,10H2. The van der Waals surface area contributed by atoms with Gasteiger partial charge in [0.15, 0.2) is 11.6 Å². The Morgan fingerprint density at radius 1 is 1.15 bits per heavy atom. The second-order valence-corrected chi connectivity index (χ2v) is 5.21. The molecule has 1 aromatic carbocycles. The third kappa shape index (κ3) is 2.81. The molecule has 1 aliphatic carbocycles. The van der Waals surface area contributed by atoms with E-state index in [0.29, 0.717) is 18.3 Å². The van der Waals surface area contributed by atoms with Crippen LogP contribution in [0.4, 0.5) is 14.5 Å². The molecule has 0 saturated heterocycles. The van der Waals surface area contributed by atoms with Crippen molar-refractivity contribution in [2.24, 2.45) is 0 Å². The minimum atomic E-state index is -0.841. The summed E-state index contributed by atoms with van der Waals surface area (Å²) in [6.45, 7) is 0.505.